The van der Waals surface area contributed by atoms with Crippen LogP contribution in [0.3, 0.4) is 0 Å². The molecule has 1 fully saturated rings. The molecule has 6 heteroatoms. The molecule has 0 saturated carbocycles. The minimum atomic E-state index is -0.262. The van der Waals surface area contributed by atoms with E-state index < -0.39 is 0 Å². The van der Waals surface area contributed by atoms with Crippen molar-refractivity contribution in [1.29, 1.82) is 0 Å². The minimum Gasteiger partial charge on any atom is -0.493 e. The lowest BCUT2D eigenvalue weighted by molar-refractivity contribution is 0.0693. The van der Waals surface area contributed by atoms with Crippen molar-refractivity contribution in [3.05, 3.63) is 59.4 Å². The first-order valence-corrected chi connectivity index (χ1v) is 8.50. The van der Waals surface area contributed by atoms with Crippen LogP contribution >= 0.6 is 12.2 Å². The fourth-order valence-corrected chi connectivity index (χ4v) is 2.92. The summed E-state index contributed by atoms with van der Waals surface area (Å²) in [4.78, 5) is 2.92. The zero-order valence-corrected chi connectivity index (χ0v) is 14.9. The van der Waals surface area contributed by atoms with Gasteiger partial charge in [-0.3, -0.25) is 0 Å². The van der Waals surface area contributed by atoms with Gasteiger partial charge in [-0.05, 0) is 35.9 Å². The highest BCUT2D eigenvalue weighted by atomic mass is 32.1. The second-order valence-corrected chi connectivity index (χ2v) is 6.07. The summed E-state index contributed by atoms with van der Waals surface area (Å²) in [5.41, 5.74) is 1.80. The van der Waals surface area contributed by atoms with E-state index in [4.69, 9.17) is 26.4 Å². The van der Waals surface area contributed by atoms with Crippen LogP contribution in [-0.2, 0) is 11.3 Å². The molecule has 2 aromatic rings. The van der Waals surface area contributed by atoms with Crippen molar-refractivity contribution in [2.75, 3.05) is 33.4 Å². The van der Waals surface area contributed by atoms with Gasteiger partial charge in [0.15, 0.2) is 11.5 Å². The van der Waals surface area contributed by atoms with Crippen molar-refractivity contribution in [1.82, 2.24) is 4.90 Å². The summed E-state index contributed by atoms with van der Waals surface area (Å²) in [7, 11) is 1.60. The Morgan fingerprint density at radius 1 is 1.12 bits per heavy atom. The van der Waals surface area contributed by atoms with Gasteiger partial charge in [0.25, 0.3) is 0 Å². The van der Waals surface area contributed by atoms with Crippen LogP contribution in [-0.4, -0.2) is 43.3 Å². The van der Waals surface area contributed by atoms with E-state index in [2.05, 4.69) is 4.90 Å². The van der Waals surface area contributed by atoms with Gasteiger partial charge in [-0.2, -0.15) is 0 Å². The Morgan fingerprint density at radius 2 is 1.84 bits per heavy atom. The number of halogens is 1. The first-order valence-electron chi connectivity index (χ1n) is 8.09. The smallest absolute Gasteiger partial charge is 0.161 e. The van der Waals surface area contributed by atoms with Crippen LogP contribution in [0.1, 0.15) is 11.1 Å². The van der Waals surface area contributed by atoms with Crippen molar-refractivity contribution < 1.29 is 18.6 Å². The maximum Gasteiger partial charge on any atom is 0.161 e. The van der Waals surface area contributed by atoms with Crippen molar-refractivity contribution in [2.45, 2.75) is 6.61 Å². The molecule has 0 radical (unpaired) electrons. The molecular weight excluding hydrogens is 341 g/mol. The van der Waals surface area contributed by atoms with Crippen molar-refractivity contribution in [3.63, 3.8) is 0 Å². The normalized spacial score (nSPS) is 14.2. The number of methoxy groups -OCH3 is 1. The monoisotopic (exact) mass is 361 g/mol. The molecule has 1 aliphatic rings. The minimum absolute atomic E-state index is 0.262. The summed E-state index contributed by atoms with van der Waals surface area (Å²) in [6.07, 6.45) is 0. The van der Waals surface area contributed by atoms with E-state index >= 15 is 0 Å². The van der Waals surface area contributed by atoms with Gasteiger partial charge < -0.3 is 19.1 Å². The van der Waals surface area contributed by atoms with Gasteiger partial charge in [0.2, 0.25) is 0 Å². The highest BCUT2D eigenvalue weighted by Crippen LogP contribution is 2.29. The van der Waals surface area contributed by atoms with Crippen LogP contribution in [0.5, 0.6) is 11.5 Å². The highest BCUT2D eigenvalue weighted by molar-refractivity contribution is 7.80. The fraction of sp³-hybridized carbons (Fsp3) is 0.316. The Labute approximate surface area is 152 Å². The molecule has 0 atom stereocenters. The summed E-state index contributed by atoms with van der Waals surface area (Å²) < 4.78 is 29.6. The van der Waals surface area contributed by atoms with Gasteiger partial charge in [-0.25, -0.2) is 4.39 Å². The summed E-state index contributed by atoms with van der Waals surface area (Å²) in [6.45, 7) is 3.31. The lowest BCUT2D eigenvalue weighted by Crippen LogP contribution is -2.40. The molecule has 0 spiro atoms. The van der Waals surface area contributed by atoms with Crippen LogP contribution < -0.4 is 9.47 Å². The molecule has 0 aromatic heterocycles. The largest absolute Gasteiger partial charge is 0.493 e. The number of hydrogen-bond acceptors (Lipinski definition) is 4. The van der Waals surface area contributed by atoms with E-state index in [1.807, 2.05) is 18.2 Å². The number of benzene rings is 2. The SMILES string of the molecule is COc1cc(C(=S)N2CCOCC2)ccc1OCc1ccc(F)cc1. The van der Waals surface area contributed by atoms with Crippen LogP contribution in [0, 0.1) is 5.82 Å². The van der Waals surface area contributed by atoms with E-state index in [0.717, 1.165) is 29.2 Å². The zero-order valence-electron chi connectivity index (χ0n) is 14.0. The molecule has 3 rings (SSSR count). The van der Waals surface area contributed by atoms with Crippen molar-refractivity contribution >= 4 is 17.2 Å². The molecule has 0 aliphatic carbocycles. The number of ether oxygens (including phenoxy) is 3. The van der Waals surface area contributed by atoms with Crippen LogP contribution in [0.15, 0.2) is 42.5 Å². The lowest BCUT2D eigenvalue weighted by atomic mass is 10.1. The second kappa shape index (κ2) is 8.27. The molecule has 0 N–H and O–H groups in total. The first kappa shape index (κ1) is 17.6. The maximum atomic E-state index is 13.0. The molecule has 25 heavy (non-hydrogen) atoms. The van der Waals surface area contributed by atoms with Crippen LogP contribution in [0.4, 0.5) is 4.39 Å². The number of hydrogen-bond donors (Lipinski definition) is 0. The molecule has 1 aliphatic heterocycles. The van der Waals surface area contributed by atoms with Crippen LogP contribution in [0.25, 0.3) is 0 Å². The van der Waals surface area contributed by atoms with E-state index in [-0.39, 0.29) is 5.82 Å². The zero-order chi connectivity index (χ0) is 17.6. The Morgan fingerprint density at radius 3 is 2.52 bits per heavy atom. The van der Waals surface area contributed by atoms with E-state index in [0.29, 0.717) is 31.3 Å². The number of nitrogens with zero attached hydrogens (tertiary/aromatic N) is 1. The quantitative estimate of drug-likeness (QED) is 0.762. The molecule has 2 aromatic carbocycles. The van der Waals surface area contributed by atoms with E-state index in [1.54, 1.807) is 19.2 Å². The Hall–Kier alpha value is -2.18. The predicted molar refractivity (Wildman–Crippen MR) is 97.8 cm³/mol. The Bertz CT molecular complexity index is 730. The topological polar surface area (TPSA) is 30.9 Å². The number of rotatable bonds is 5. The van der Waals surface area contributed by atoms with Crippen LogP contribution in [0.2, 0.25) is 0 Å². The number of morpholine rings is 1. The summed E-state index contributed by atoms with van der Waals surface area (Å²) in [5.74, 6) is 0.984. The summed E-state index contributed by atoms with van der Waals surface area (Å²) >= 11 is 5.58. The average molecular weight is 361 g/mol. The molecule has 0 bridgehead atoms. The van der Waals surface area contributed by atoms with Gasteiger partial charge in [-0.1, -0.05) is 24.4 Å². The molecule has 0 amide bonds. The summed E-state index contributed by atoms with van der Waals surface area (Å²) in [6, 6.07) is 11.9. The second-order valence-electron chi connectivity index (χ2n) is 5.69. The van der Waals surface area contributed by atoms with Gasteiger partial charge in [0, 0.05) is 18.7 Å². The van der Waals surface area contributed by atoms with Gasteiger partial charge in [0.05, 0.1) is 20.3 Å². The third-order valence-corrected chi connectivity index (χ3v) is 4.51. The fourth-order valence-electron chi connectivity index (χ4n) is 2.61. The Kier molecular flexibility index (Phi) is 5.83. The Balaban J connectivity index is 1.70. The third kappa shape index (κ3) is 4.46. The van der Waals surface area contributed by atoms with Crippen molar-refractivity contribution in [2.24, 2.45) is 0 Å². The highest BCUT2D eigenvalue weighted by Gasteiger charge is 2.17. The molecule has 1 saturated heterocycles. The molecule has 132 valence electrons. The third-order valence-electron chi connectivity index (χ3n) is 4.02. The van der Waals surface area contributed by atoms with Gasteiger partial charge >= 0.3 is 0 Å². The molecule has 1 heterocycles. The van der Waals surface area contributed by atoms with Crippen molar-refractivity contribution in [3.8, 4) is 11.5 Å². The number of thiocarbonyl (C=S) groups is 1. The van der Waals surface area contributed by atoms with Gasteiger partial charge in [-0.15, -0.1) is 0 Å². The molecule has 0 unspecified atom stereocenters. The molecule has 4 nitrogen and oxygen atoms in total. The standard InChI is InChI=1S/C19H20FNO3S/c1-22-18-12-15(19(25)21-8-10-23-11-9-21)4-7-17(18)24-13-14-2-5-16(20)6-3-14/h2-7,12H,8-11,13H2,1H3. The lowest BCUT2D eigenvalue weighted by Gasteiger charge is -2.29. The molecular formula is C19H20FNO3S. The maximum absolute atomic E-state index is 13.0. The summed E-state index contributed by atoms with van der Waals surface area (Å²) in [5, 5.41) is 0. The first-order chi connectivity index (χ1) is 12.2. The van der Waals surface area contributed by atoms with E-state index in [9.17, 15) is 4.39 Å². The van der Waals surface area contributed by atoms with E-state index in [1.165, 1.54) is 12.1 Å². The predicted octanol–water partition coefficient (Wildman–Crippen LogP) is 3.42. The van der Waals surface area contributed by atoms with Gasteiger partial charge in [0.1, 0.15) is 17.4 Å². The average Bonchev–Trinajstić information content (AvgIpc) is 2.67.